The summed E-state index contributed by atoms with van der Waals surface area (Å²) in [7, 11) is 0. The molecule has 4 rings (SSSR count). The van der Waals surface area contributed by atoms with Gasteiger partial charge in [-0.25, -0.2) is 4.79 Å². The number of carbonyl (C=O) groups excluding carboxylic acids is 1. The first-order chi connectivity index (χ1) is 17.2. The zero-order valence-corrected chi connectivity index (χ0v) is 19.0. The number of amides is 1. The van der Waals surface area contributed by atoms with Crippen molar-refractivity contribution < 1.29 is 27.9 Å². The van der Waals surface area contributed by atoms with Crippen molar-refractivity contribution >= 4 is 29.4 Å². The van der Waals surface area contributed by atoms with Crippen LogP contribution in [-0.2, 0) is 9.59 Å². The Balaban J connectivity index is 0.000000454. The number of hydrogen-bond donors (Lipinski definition) is 3. The van der Waals surface area contributed by atoms with Gasteiger partial charge in [0.15, 0.2) is 0 Å². The molecule has 0 bridgehead atoms. The van der Waals surface area contributed by atoms with Gasteiger partial charge in [-0.15, -0.1) is 0 Å². The lowest BCUT2D eigenvalue weighted by atomic mass is 9.99. The first-order valence-electron chi connectivity index (χ1n) is 10.9. The number of nitrogens with one attached hydrogen (secondary N) is 1. The van der Waals surface area contributed by atoms with E-state index in [0.717, 1.165) is 58.5 Å². The van der Waals surface area contributed by atoms with Gasteiger partial charge in [0.25, 0.3) is 5.91 Å². The molecule has 4 N–H and O–H groups in total. The third kappa shape index (κ3) is 7.02. The Morgan fingerprint density at radius 3 is 2.33 bits per heavy atom. The summed E-state index contributed by atoms with van der Waals surface area (Å²) in [6, 6.07) is 21.5. The summed E-state index contributed by atoms with van der Waals surface area (Å²) in [5, 5.41) is 13.8. The molecule has 186 valence electrons. The SMILES string of the molecule is NN=Cc1cccc(C2=C(C(=O)Nc3ccc(-c4ccccn4)cc3)CCC2)c1.O=C(O)C(F)(F)F. The van der Waals surface area contributed by atoms with Crippen LogP contribution < -0.4 is 11.2 Å². The average molecular weight is 496 g/mol. The number of allylic oxidation sites excluding steroid dienone is 1. The molecule has 0 saturated heterocycles. The topological polar surface area (TPSA) is 118 Å². The fraction of sp³-hybridized carbons (Fsp3) is 0.154. The molecular weight excluding hydrogens is 473 g/mol. The summed E-state index contributed by atoms with van der Waals surface area (Å²) in [4.78, 5) is 26.2. The van der Waals surface area contributed by atoms with Crippen molar-refractivity contribution in [1.29, 1.82) is 0 Å². The summed E-state index contributed by atoms with van der Waals surface area (Å²) < 4.78 is 31.7. The minimum absolute atomic E-state index is 0.0408. The van der Waals surface area contributed by atoms with Crippen LogP contribution in [0, 0.1) is 0 Å². The maximum absolute atomic E-state index is 12.9. The van der Waals surface area contributed by atoms with Gasteiger partial charge in [-0.05, 0) is 66.3 Å². The van der Waals surface area contributed by atoms with E-state index in [1.54, 1.807) is 12.4 Å². The molecule has 0 radical (unpaired) electrons. The molecule has 1 aliphatic carbocycles. The Labute approximate surface area is 205 Å². The second kappa shape index (κ2) is 11.8. The predicted octanol–water partition coefficient (Wildman–Crippen LogP) is 5.25. The van der Waals surface area contributed by atoms with Gasteiger partial charge in [-0.2, -0.15) is 18.3 Å². The molecule has 0 atom stereocenters. The van der Waals surface area contributed by atoms with Gasteiger partial charge in [-0.1, -0.05) is 36.4 Å². The zero-order chi connectivity index (χ0) is 26.1. The highest BCUT2D eigenvalue weighted by Gasteiger charge is 2.38. The number of anilines is 1. The second-order valence-electron chi connectivity index (χ2n) is 7.76. The molecule has 0 fully saturated rings. The van der Waals surface area contributed by atoms with Crippen molar-refractivity contribution in [3.8, 4) is 11.3 Å². The van der Waals surface area contributed by atoms with E-state index >= 15 is 0 Å². The van der Waals surface area contributed by atoms with Crippen molar-refractivity contribution in [2.75, 3.05) is 5.32 Å². The van der Waals surface area contributed by atoms with Gasteiger partial charge in [0.2, 0.25) is 0 Å². The van der Waals surface area contributed by atoms with E-state index in [1.807, 2.05) is 66.7 Å². The molecule has 1 heterocycles. The fourth-order valence-electron chi connectivity index (χ4n) is 3.67. The first-order valence-corrected chi connectivity index (χ1v) is 10.9. The molecule has 0 aliphatic heterocycles. The summed E-state index contributed by atoms with van der Waals surface area (Å²) in [5.41, 5.74) is 6.62. The number of hydrogen-bond acceptors (Lipinski definition) is 5. The van der Waals surface area contributed by atoms with Crippen LogP contribution in [0.4, 0.5) is 18.9 Å². The molecule has 2 aromatic carbocycles. The highest BCUT2D eigenvalue weighted by atomic mass is 19.4. The maximum atomic E-state index is 12.9. The normalized spacial score (nSPS) is 13.3. The molecule has 7 nitrogen and oxygen atoms in total. The number of halogens is 3. The second-order valence-corrected chi connectivity index (χ2v) is 7.76. The molecule has 0 saturated carbocycles. The zero-order valence-electron chi connectivity index (χ0n) is 19.0. The van der Waals surface area contributed by atoms with Crippen LogP contribution in [-0.4, -0.2) is 34.4 Å². The molecule has 10 heteroatoms. The van der Waals surface area contributed by atoms with Crippen LogP contribution in [0.3, 0.4) is 0 Å². The Hall–Kier alpha value is -4.47. The summed E-state index contributed by atoms with van der Waals surface area (Å²) in [6.45, 7) is 0. The minimum Gasteiger partial charge on any atom is -0.475 e. The van der Waals surface area contributed by atoms with E-state index in [-0.39, 0.29) is 5.91 Å². The Bertz CT molecular complexity index is 1270. The van der Waals surface area contributed by atoms with Crippen LogP contribution in [0.2, 0.25) is 0 Å². The number of carboxylic acid groups (broad SMARTS) is 1. The number of pyridine rings is 1. The smallest absolute Gasteiger partial charge is 0.475 e. The number of nitrogens with zero attached hydrogens (tertiary/aromatic N) is 2. The van der Waals surface area contributed by atoms with E-state index in [0.29, 0.717) is 0 Å². The van der Waals surface area contributed by atoms with Crippen LogP contribution in [0.25, 0.3) is 16.8 Å². The van der Waals surface area contributed by atoms with Gasteiger partial charge in [0.05, 0.1) is 11.9 Å². The molecule has 0 unspecified atom stereocenters. The number of aromatic nitrogens is 1. The number of hydrazone groups is 1. The van der Waals surface area contributed by atoms with E-state index in [1.165, 1.54) is 0 Å². The number of carbonyl (C=O) groups is 2. The Morgan fingerprint density at radius 2 is 1.72 bits per heavy atom. The Morgan fingerprint density at radius 1 is 1.00 bits per heavy atom. The van der Waals surface area contributed by atoms with E-state index in [4.69, 9.17) is 15.7 Å². The Kier molecular flexibility index (Phi) is 8.56. The van der Waals surface area contributed by atoms with Crippen LogP contribution >= 0.6 is 0 Å². The van der Waals surface area contributed by atoms with Gasteiger partial charge >= 0.3 is 12.1 Å². The predicted molar refractivity (Wildman–Crippen MR) is 131 cm³/mol. The highest BCUT2D eigenvalue weighted by Crippen LogP contribution is 2.35. The lowest BCUT2D eigenvalue weighted by molar-refractivity contribution is -0.192. The molecule has 1 amide bonds. The lowest BCUT2D eigenvalue weighted by Gasteiger charge is -2.10. The largest absolute Gasteiger partial charge is 0.490 e. The molecule has 3 aromatic rings. The van der Waals surface area contributed by atoms with Gasteiger partial charge in [-0.3, -0.25) is 9.78 Å². The van der Waals surface area contributed by atoms with Gasteiger partial charge in [0, 0.05) is 23.0 Å². The van der Waals surface area contributed by atoms with Crippen LogP contribution in [0.1, 0.15) is 30.4 Å². The van der Waals surface area contributed by atoms with E-state index < -0.39 is 12.1 Å². The van der Waals surface area contributed by atoms with E-state index in [9.17, 15) is 18.0 Å². The number of carboxylic acids is 1. The summed E-state index contributed by atoms with van der Waals surface area (Å²) >= 11 is 0. The molecular formula is C26H23F3N4O3. The number of nitrogens with two attached hydrogens (primary N) is 1. The standard InChI is InChI=1S/C24H22N4O.C2HF3O2/c25-27-16-17-5-3-6-19(15-17)21-7-4-8-22(21)24(29)28-20-12-10-18(11-13-20)23-9-1-2-14-26-23;3-2(4,5)1(6)7/h1-3,5-6,9-16H,4,7-8,25H2,(H,28,29);(H,6,7). The number of rotatable bonds is 5. The van der Waals surface area contributed by atoms with Crippen LogP contribution in [0.5, 0.6) is 0 Å². The molecule has 1 aliphatic rings. The monoisotopic (exact) mass is 496 g/mol. The third-order valence-corrected chi connectivity index (χ3v) is 5.30. The number of benzene rings is 2. The van der Waals surface area contributed by atoms with Crippen molar-refractivity contribution in [2.24, 2.45) is 10.9 Å². The fourth-order valence-corrected chi connectivity index (χ4v) is 3.67. The third-order valence-electron chi connectivity index (χ3n) is 5.30. The van der Waals surface area contributed by atoms with Crippen LogP contribution in [0.15, 0.2) is 83.6 Å². The molecule has 1 aromatic heterocycles. The average Bonchev–Trinajstić information content (AvgIpc) is 3.36. The number of alkyl halides is 3. The van der Waals surface area contributed by atoms with E-state index in [2.05, 4.69) is 15.4 Å². The maximum Gasteiger partial charge on any atom is 0.490 e. The summed E-state index contributed by atoms with van der Waals surface area (Å²) in [6.07, 6.45) is 0.953. The van der Waals surface area contributed by atoms with Gasteiger partial charge < -0.3 is 16.3 Å². The minimum atomic E-state index is -5.08. The first kappa shape index (κ1) is 26.1. The van der Waals surface area contributed by atoms with Crippen molar-refractivity contribution in [3.63, 3.8) is 0 Å². The van der Waals surface area contributed by atoms with Crippen molar-refractivity contribution in [2.45, 2.75) is 25.4 Å². The van der Waals surface area contributed by atoms with Crippen molar-refractivity contribution in [3.05, 3.63) is 89.6 Å². The quantitative estimate of drug-likeness (QED) is 0.253. The summed E-state index contributed by atoms with van der Waals surface area (Å²) in [5.74, 6) is 2.46. The van der Waals surface area contributed by atoms with Crippen molar-refractivity contribution in [1.82, 2.24) is 4.98 Å². The van der Waals surface area contributed by atoms with Gasteiger partial charge in [0.1, 0.15) is 0 Å². The molecule has 36 heavy (non-hydrogen) atoms. The number of aliphatic carboxylic acids is 1. The highest BCUT2D eigenvalue weighted by molar-refractivity contribution is 6.09. The molecule has 0 spiro atoms. The lowest BCUT2D eigenvalue weighted by Crippen LogP contribution is -2.21.